The molecular weight excluding hydrogens is 325 g/mol. The van der Waals surface area contributed by atoms with E-state index in [1.165, 1.54) is 0 Å². The summed E-state index contributed by atoms with van der Waals surface area (Å²) in [6, 6.07) is 12.3. The molecule has 1 aliphatic heterocycles. The highest BCUT2D eigenvalue weighted by molar-refractivity contribution is 6.66. The molecule has 3 heterocycles. The molecule has 2 aromatic carbocycles. The molecule has 1 fully saturated rings. The second kappa shape index (κ2) is 5.09. The van der Waals surface area contributed by atoms with Crippen molar-refractivity contribution in [2.24, 2.45) is 0 Å². The van der Waals surface area contributed by atoms with Crippen molar-refractivity contribution in [1.82, 2.24) is 4.98 Å². The van der Waals surface area contributed by atoms with Crippen LogP contribution in [-0.4, -0.2) is 23.3 Å². The number of aromatic nitrogens is 1. The third-order valence-electron chi connectivity index (χ3n) is 5.79. The molecule has 0 spiro atoms. The zero-order valence-electron chi connectivity index (χ0n) is 15.4. The van der Waals surface area contributed by atoms with Crippen LogP contribution >= 0.6 is 0 Å². The molecule has 26 heavy (non-hydrogen) atoms. The molecule has 0 saturated carbocycles. The average molecular weight is 345 g/mol. The number of pyridine rings is 1. The molecule has 130 valence electrons. The molecule has 2 aromatic heterocycles. The van der Waals surface area contributed by atoms with Crippen molar-refractivity contribution in [1.29, 1.82) is 0 Å². The standard InChI is InChI=1S/C21H20BNO3/c1-20(2)21(3,4)26-22(25-20)16-6-5-7-17-19(16)15-10-14-12-23-9-8-13(14)11-18(15)24-17/h5-12H,1-4H3. The molecule has 5 heteroatoms. The van der Waals surface area contributed by atoms with E-state index >= 15 is 0 Å². The van der Waals surface area contributed by atoms with Gasteiger partial charge >= 0.3 is 7.12 Å². The summed E-state index contributed by atoms with van der Waals surface area (Å²) >= 11 is 0. The summed E-state index contributed by atoms with van der Waals surface area (Å²) in [5.74, 6) is 0. The van der Waals surface area contributed by atoms with Crippen molar-refractivity contribution in [3.05, 3.63) is 48.8 Å². The Morgan fingerprint density at radius 2 is 1.65 bits per heavy atom. The van der Waals surface area contributed by atoms with Crippen LogP contribution in [-0.2, 0) is 9.31 Å². The van der Waals surface area contributed by atoms with E-state index < -0.39 is 7.12 Å². The maximum absolute atomic E-state index is 6.29. The first-order valence-corrected chi connectivity index (χ1v) is 8.90. The predicted molar refractivity (Wildman–Crippen MR) is 105 cm³/mol. The lowest BCUT2D eigenvalue weighted by Crippen LogP contribution is -2.41. The summed E-state index contributed by atoms with van der Waals surface area (Å²) in [5.41, 5.74) is 1.95. The highest BCUT2D eigenvalue weighted by atomic mass is 16.7. The number of fused-ring (bicyclic) bond motifs is 4. The van der Waals surface area contributed by atoms with Crippen LogP contribution in [0.4, 0.5) is 0 Å². The Balaban J connectivity index is 1.77. The van der Waals surface area contributed by atoms with Crippen LogP contribution in [0.5, 0.6) is 0 Å². The van der Waals surface area contributed by atoms with E-state index in [1.54, 1.807) is 6.20 Å². The summed E-state index contributed by atoms with van der Waals surface area (Å²) in [6.45, 7) is 8.28. The molecule has 0 atom stereocenters. The first-order valence-electron chi connectivity index (χ1n) is 8.90. The van der Waals surface area contributed by atoms with Gasteiger partial charge in [-0.05, 0) is 62.8 Å². The van der Waals surface area contributed by atoms with Gasteiger partial charge in [0.1, 0.15) is 11.2 Å². The fourth-order valence-corrected chi connectivity index (χ4v) is 3.60. The fourth-order valence-electron chi connectivity index (χ4n) is 3.60. The van der Waals surface area contributed by atoms with Crippen LogP contribution in [0.3, 0.4) is 0 Å². The largest absolute Gasteiger partial charge is 0.495 e. The van der Waals surface area contributed by atoms with Crippen molar-refractivity contribution in [3.8, 4) is 0 Å². The van der Waals surface area contributed by atoms with Gasteiger partial charge in [0.05, 0.1) is 11.2 Å². The van der Waals surface area contributed by atoms with Gasteiger partial charge in [0.2, 0.25) is 0 Å². The SMILES string of the molecule is CC1(C)OB(c2cccc3oc4cc5ccncc5cc4c23)OC1(C)C. The highest BCUT2D eigenvalue weighted by Crippen LogP contribution is 2.38. The van der Waals surface area contributed by atoms with Gasteiger partial charge in [-0.2, -0.15) is 0 Å². The van der Waals surface area contributed by atoms with Crippen LogP contribution in [0, 0.1) is 0 Å². The summed E-state index contributed by atoms with van der Waals surface area (Å²) in [7, 11) is -0.422. The molecule has 0 aliphatic carbocycles. The first-order chi connectivity index (χ1) is 12.4. The molecule has 4 nitrogen and oxygen atoms in total. The highest BCUT2D eigenvalue weighted by Gasteiger charge is 2.52. The molecule has 5 rings (SSSR count). The van der Waals surface area contributed by atoms with Crippen LogP contribution in [0.1, 0.15) is 27.7 Å². The van der Waals surface area contributed by atoms with Gasteiger partial charge in [0, 0.05) is 28.6 Å². The van der Waals surface area contributed by atoms with Crippen molar-refractivity contribution >= 4 is 45.3 Å². The number of benzene rings is 2. The Morgan fingerprint density at radius 3 is 2.42 bits per heavy atom. The third-order valence-corrected chi connectivity index (χ3v) is 5.79. The molecule has 0 N–H and O–H groups in total. The second-order valence-electron chi connectivity index (χ2n) is 7.98. The molecule has 0 unspecified atom stereocenters. The van der Waals surface area contributed by atoms with Gasteiger partial charge in [-0.15, -0.1) is 0 Å². The minimum Gasteiger partial charge on any atom is -0.456 e. The number of hydrogen-bond acceptors (Lipinski definition) is 4. The van der Waals surface area contributed by atoms with E-state index in [9.17, 15) is 0 Å². The van der Waals surface area contributed by atoms with Gasteiger partial charge in [-0.25, -0.2) is 0 Å². The van der Waals surface area contributed by atoms with E-state index in [1.807, 2.05) is 24.4 Å². The molecule has 0 radical (unpaired) electrons. The van der Waals surface area contributed by atoms with Crippen molar-refractivity contribution in [2.75, 3.05) is 0 Å². The predicted octanol–water partition coefficient (Wildman–Crippen LogP) is 4.43. The smallest absolute Gasteiger partial charge is 0.456 e. The third kappa shape index (κ3) is 2.14. The molecule has 4 aromatic rings. The van der Waals surface area contributed by atoms with E-state index in [-0.39, 0.29) is 11.2 Å². The second-order valence-corrected chi connectivity index (χ2v) is 7.98. The number of rotatable bonds is 1. The lowest BCUT2D eigenvalue weighted by Gasteiger charge is -2.32. The van der Waals surface area contributed by atoms with Crippen molar-refractivity contribution in [2.45, 2.75) is 38.9 Å². The topological polar surface area (TPSA) is 44.5 Å². The summed E-state index contributed by atoms with van der Waals surface area (Å²) in [6.07, 6.45) is 3.68. The molecular formula is C21H20BNO3. The van der Waals surface area contributed by atoms with E-state index in [0.29, 0.717) is 0 Å². The number of nitrogens with zero attached hydrogens (tertiary/aromatic N) is 1. The monoisotopic (exact) mass is 345 g/mol. The minimum atomic E-state index is -0.422. The quantitative estimate of drug-likeness (QED) is 0.479. The van der Waals surface area contributed by atoms with Gasteiger partial charge in [-0.1, -0.05) is 12.1 Å². The Kier molecular flexibility index (Phi) is 3.10. The van der Waals surface area contributed by atoms with Crippen LogP contribution in [0.15, 0.2) is 53.2 Å². The van der Waals surface area contributed by atoms with Gasteiger partial charge in [-0.3, -0.25) is 4.98 Å². The Morgan fingerprint density at radius 1 is 0.885 bits per heavy atom. The van der Waals surface area contributed by atoms with Crippen LogP contribution < -0.4 is 5.46 Å². The Bertz CT molecular complexity index is 1150. The Hall–Kier alpha value is -2.37. The summed E-state index contributed by atoms with van der Waals surface area (Å²) < 4.78 is 18.7. The fraction of sp³-hybridized carbons (Fsp3) is 0.286. The van der Waals surface area contributed by atoms with E-state index in [0.717, 1.165) is 38.2 Å². The normalized spacial score (nSPS) is 19.0. The van der Waals surface area contributed by atoms with Crippen LogP contribution in [0.2, 0.25) is 0 Å². The number of hydrogen-bond donors (Lipinski definition) is 0. The van der Waals surface area contributed by atoms with Crippen molar-refractivity contribution < 1.29 is 13.7 Å². The summed E-state index contributed by atoms with van der Waals surface area (Å²) in [5, 5.41) is 4.31. The van der Waals surface area contributed by atoms with Crippen molar-refractivity contribution in [3.63, 3.8) is 0 Å². The molecule has 1 saturated heterocycles. The Labute approximate surface area is 152 Å². The molecule has 1 aliphatic rings. The maximum Gasteiger partial charge on any atom is 0.495 e. The van der Waals surface area contributed by atoms with Crippen LogP contribution in [0.25, 0.3) is 32.7 Å². The number of furan rings is 1. The average Bonchev–Trinajstić information content (AvgIpc) is 3.06. The van der Waals surface area contributed by atoms with Gasteiger partial charge in [0.25, 0.3) is 0 Å². The van der Waals surface area contributed by atoms with E-state index in [4.69, 9.17) is 13.7 Å². The van der Waals surface area contributed by atoms with Gasteiger partial charge < -0.3 is 13.7 Å². The lowest BCUT2D eigenvalue weighted by molar-refractivity contribution is 0.00578. The zero-order chi connectivity index (χ0) is 18.1. The molecule has 0 bridgehead atoms. The molecule has 0 amide bonds. The lowest BCUT2D eigenvalue weighted by atomic mass is 9.76. The summed E-state index contributed by atoms with van der Waals surface area (Å²) in [4.78, 5) is 4.24. The van der Waals surface area contributed by atoms with Gasteiger partial charge in [0.15, 0.2) is 0 Å². The van der Waals surface area contributed by atoms with E-state index in [2.05, 4.69) is 50.9 Å². The minimum absolute atomic E-state index is 0.379. The maximum atomic E-state index is 6.29. The zero-order valence-corrected chi connectivity index (χ0v) is 15.4. The first kappa shape index (κ1) is 15.9.